The van der Waals surface area contributed by atoms with Gasteiger partial charge in [0.15, 0.2) is 11.9 Å². The van der Waals surface area contributed by atoms with Crippen LogP contribution in [-0.4, -0.2) is 41.7 Å². The Labute approximate surface area is 238 Å². The molecule has 0 spiro atoms. The molecule has 1 aromatic heterocycles. The molecule has 0 radical (unpaired) electrons. The van der Waals surface area contributed by atoms with Gasteiger partial charge in [0, 0.05) is 16.1 Å². The van der Waals surface area contributed by atoms with E-state index in [9.17, 15) is 9.59 Å². The number of hydrogen-bond acceptors (Lipinski definition) is 7. The summed E-state index contributed by atoms with van der Waals surface area (Å²) in [5, 5.41) is 5.45. The van der Waals surface area contributed by atoms with E-state index in [0.29, 0.717) is 39.7 Å². The molecule has 9 heteroatoms. The van der Waals surface area contributed by atoms with Crippen molar-refractivity contribution in [2.75, 3.05) is 13.7 Å². The molecule has 0 N–H and O–H groups in total. The summed E-state index contributed by atoms with van der Waals surface area (Å²) in [5.74, 6) is 1.19. The van der Waals surface area contributed by atoms with Gasteiger partial charge in [0.05, 0.1) is 30.8 Å². The summed E-state index contributed by atoms with van der Waals surface area (Å²) in [4.78, 5) is 30.6. The molecule has 0 saturated heterocycles. The Morgan fingerprint density at radius 2 is 1.85 bits per heavy atom. The van der Waals surface area contributed by atoms with Crippen LogP contribution in [0.3, 0.4) is 0 Å². The van der Waals surface area contributed by atoms with Gasteiger partial charge < -0.3 is 14.2 Å². The van der Waals surface area contributed by atoms with Gasteiger partial charge >= 0.3 is 5.97 Å². The molecular weight excluding hydrogens is 530 g/mol. The van der Waals surface area contributed by atoms with E-state index in [1.165, 1.54) is 18.0 Å². The van der Waals surface area contributed by atoms with Gasteiger partial charge in [-0.3, -0.25) is 4.79 Å². The maximum atomic E-state index is 13.8. The number of aromatic nitrogens is 2. The van der Waals surface area contributed by atoms with Crippen molar-refractivity contribution < 1.29 is 19.0 Å². The number of rotatable bonds is 9. The van der Waals surface area contributed by atoms with Gasteiger partial charge in [0.1, 0.15) is 11.5 Å². The zero-order chi connectivity index (χ0) is 29.0. The fraction of sp³-hybridized carbons (Fsp3) is 0.290. The maximum absolute atomic E-state index is 13.8. The van der Waals surface area contributed by atoms with Crippen LogP contribution in [0.1, 0.15) is 50.3 Å². The van der Waals surface area contributed by atoms with E-state index in [2.05, 4.69) is 18.9 Å². The second-order valence-corrected chi connectivity index (χ2v) is 10.0. The Balaban J connectivity index is 1.92. The Morgan fingerprint density at radius 1 is 1.10 bits per heavy atom. The lowest BCUT2D eigenvalue weighted by atomic mass is 9.96. The molecule has 0 amide bonds. The first kappa shape index (κ1) is 28.8. The van der Waals surface area contributed by atoms with Gasteiger partial charge in [-0.25, -0.2) is 9.78 Å². The van der Waals surface area contributed by atoms with E-state index in [0.717, 1.165) is 22.4 Å². The number of methoxy groups -OCH3 is 1. The molecule has 0 bridgehead atoms. The Morgan fingerprint density at radius 3 is 2.55 bits per heavy atom. The molecule has 0 aliphatic carbocycles. The summed E-state index contributed by atoms with van der Waals surface area (Å²) in [5.41, 5.74) is 3.35. The Kier molecular flexibility index (Phi) is 8.90. The molecule has 40 heavy (non-hydrogen) atoms. The average Bonchev–Trinajstić information content (AvgIpc) is 2.93. The van der Waals surface area contributed by atoms with Crippen LogP contribution in [0, 0.1) is 6.92 Å². The first-order valence-electron chi connectivity index (χ1n) is 13.0. The highest BCUT2D eigenvalue weighted by Crippen LogP contribution is 2.34. The molecule has 8 nitrogen and oxygen atoms in total. The third kappa shape index (κ3) is 6.02. The molecule has 0 saturated carbocycles. The van der Waals surface area contributed by atoms with Gasteiger partial charge in [0.25, 0.3) is 5.56 Å². The number of carbonyl (C=O) groups is 1. The van der Waals surface area contributed by atoms with Crippen LogP contribution in [0.5, 0.6) is 11.5 Å². The van der Waals surface area contributed by atoms with Crippen molar-refractivity contribution in [2.45, 2.75) is 46.6 Å². The van der Waals surface area contributed by atoms with Crippen LogP contribution in [0.4, 0.5) is 0 Å². The van der Waals surface area contributed by atoms with E-state index < -0.39 is 12.1 Å². The lowest BCUT2D eigenvalue weighted by Crippen LogP contribution is -2.25. The minimum absolute atomic E-state index is 0.174. The molecule has 1 atom stereocenters. The molecule has 208 valence electrons. The van der Waals surface area contributed by atoms with Crippen molar-refractivity contribution in [1.29, 1.82) is 0 Å². The van der Waals surface area contributed by atoms with Gasteiger partial charge in [-0.1, -0.05) is 37.6 Å². The highest BCUT2D eigenvalue weighted by molar-refractivity contribution is 6.30. The van der Waals surface area contributed by atoms with Crippen LogP contribution in [0.25, 0.3) is 22.3 Å². The molecule has 3 aromatic carbocycles. The largest absolute Gasteiger partial charge is 0.494 e. The van der Waals surface area contributed by atoms with Crippen molar-refractivity contribution >= 4 is 34.7 Å². The lowest BCUT2D eigenvalue weighted by molar-refractivity contribution is -0.147. The summed E-state index contributed by atoms with van der Waals surface area (Å²) >= 11 is 6.27. The predicted octanol–water partition coefficient (Wildman–Crippen LogP) is 6.37. The standard InChI is InChI=1S/C31H32ClN3O5/c1-7-39-28-14-19(4)25(16-24(28)18(2)3)29-34-26-11-9-8-10-23(26)30(36)35(29)33-17-21-15-22(32)12-13-27(21)40-20(5)31(37)38-6/h8-18,20H,7H2,1-6H3/t20-/m0/s1. The van der Waals surface area contributed by atoms with Gasteiger partial charge in [-0.2, -0.15) is 9.78 Å². The molecule has 0 aliphatic heterocycles. The average molecular weight is 562 g/mol. The number of para-hydroxylation sites is 1. The van der Waals surface area contributed by atoms with Crippen LogP contribution in [-0.2, 0) is 9.53 Å². The normalized spacial score (nSPS) is 12.2. The minimum Gasteiger partial charge on any atom is -0.494 e. The third-order valence-electron chi connectivity index (χ3n) is 6.39. The van der Waals surface area contributed by atoms with Crippen molar-refractivity contribution in [3.8, 4) is 22.9 Å². The highest BCUT2D eigenvalue weighted by Gasteiger charge is 2.20. The van der Waals surface area contributed by atoms with E-state index in [1.807, 2.05) is 32.0 Å². The SMILES string of the molecule is CCOc1cc(C)c(-c2nc3ccccc3c(=O)n2N=Cc2cc(Cl)ccc2O[C@@H](C)C(=O)OC)cc1C(C)C. The second-order valence-electron chi connectivity index (χ2n) is 9.57. The number of nitrogens with zero attached hydrogens (tertiary/aromatic N) is 3. The fourth-order valence-electron chi connectivity index (χ4n) is 4.33. The van der Waals surface area contributed by atoms with Gasteiger partial charge in [-0.15, -0.1) is 0 Å². The topological polar surface area (TPSA) is 92.0 Å². The number of hydrogen-bond donors (Lipinski definition) is 0. The number of ether oxygens (including phenoxy) is 3. The molecule has 0 aliphatic rings. The Bertz CT molecular complexity index is 1640. The van der Waals surface area contributed by atoms with E-state index in [-0.39, 0.29) is 11.5 Å². The second kappa shape index (κ2) is 12.3. The summed E-state index contributed by atoms with van der Waals surface area (Å²) in [6.07, 6.45) is 0.611. The summed E-state index contributed by atoms with van der Waals surface area (Å²) in [6.45, 7) is 10.2. The maximum Gasteiger partial charge on any atom is 0.346 e. The zero-order valence-electron chi connectivity index (χ0n) is 23.4. The van der Waals surface area contributed by atoms with Crippen molar-refractivity contribution in [3.05, 3.63) is 86.7 Å². The number of carbonyl (C=O) groups excluding carboxylic acids is 1. The van der Waals surface area contributed by atoms with Crippen LogP contribution in [0.15, 0.2) is 64.5 Å². The zero-order valence-corrected chi connectivity index (χ0v) is 24.2. The Hall–Kier alpha value is -4.17. The van der Waals surface area contributed by atoms with Gasteiger partial charge in [-0.05, 0) is 80.3 Å². The van der Waals surface area contributed by atoms with E-state index >= 15 is 0 Å². The number of esters is 1. The third-order valence-corrected chi connectivity index (χ3v) is 6.63. The van der Waals surface area contributed by atoms with Crippen molar-refractivity contribution in [1.82, 2.24) is 9.66 Å². The number of aryl methyl sites for hydroxylation is 1. The monoisotopic (exact) mass is 561 g/mol. The summed E-state index contributed by atoms with van der Waals surface area (Å²) in [6, 6.07) is 16.1. The number of halogens is 1. The van der Waals surface area contributed by atoms with Crippen LogP contribution < -0.4 is 15.0 Å². The highest BCUT2D eigenvalue weighted by atomic mass is 35.5. The van der Waals surface area contributed by atoms with Crippen LogP contribution >= 0.6 is 11.6 Å². The number of benzene rings is 3. The van der Waals surface area contributed by atoms with Crippen molar-refractivity contribution in [3.63, 3.8) is 0 Å². The van der Waals surface area contributed by atoms with E-state index in [4.69, 9.17) is 30.8 Å². The summed E-state index contributed by atoms with van der Waals surface area (Å²) in [7, 11) is 1.29. The smallest absolute Gasteiger partial charge is 0.346 e. The number of fused-ring (bicyclic) bond motifs is 1. The summed E-state index contributed by atoms with van der Waals surface area (Å²) < 4.78 is 17.8. The lowest BCUT2D eigenvalue weighted by Gasteiger charge is -2.18. The quantitative estimate of drug-likeness (QED) is 0.174. The predicted molar refractivity (Wildman–Crippen MR) is 158 cm³/mol. The van der Waals surface area contributed by atoms with E-state index in [1.54, 1.807) is 43.3 Å². The van der Waals surface area contributed by atoms with Crippen molar-refractivity contribution in [2.24, 2.45) is 5.10 Å². The molecule has 4 rings (SSSR count). The molecule has 1 heterocycles. The van der Waals surface area contributed by atoms with Gasteiger partial charge in [0.2, 0.25) is 0 Å². The first-order valence-corrected chi connectivity index (χ1v) is 13.4. The van der Waals surface area contributed by atoms with Crippen LogP contribution in [0.2, 0.25) is 5.02 Å². The minimum atomic E-state index is -0.861. The molecule has 0 fully saturated rings. The molecule has 0 unspecified atom stereocenters. The fourth-order valence-corrected chi connectivity index (χ4v) is 4.51. The molecule has 4 aromatic rings. The first-order chi connectivity index (χ1) is 19.1. The molecular formula is C31H32ClN3O5.